The second-order valence-electron chi connectivity index (χ2n) is 3.72. The number of aromatic amines is 1. The summed E-state index contributed by atoms with van der Waals surface area (Å²) < 4.78 is 5.23. The molecule has 0 saturated heterocycles. The van der Waals surface area contributed by atoms with Crippen LogP contribution < -0.4 is 10.1 Å². The molecule has 0 spiro atoms. The standard InChI is InChI=1S/C11H14N4O2/c1-6-9-10(14-5-13-9)8(4-12-7(2)16)11(15-6)17-3/h5H,4H2,1-3H3,(H,12,16)(H,13,14). The number of rotatable bonds is 3. The van der Waals surface area contributed by atoms with Gasteiger partial charge < -0.3 is 15.0 Å². The number of aryl methyl sites for hydroxylation is 1. The topological polar surface area (TPSA) is 79.9 Å². The van der Waals surface area contributed by atoms with E-state index in [1.807, 2.05) is 6.92 Å². The molecule has 2 aromatic heterocycles. The van der Waals surface area contributed by atoms with E-state index in [9.17, 15) is 4.79 Å². The van der Waals surface area contributed by atoms with Crippen molar-refractivity contribution in [1.82, 2.24) is 20.3 Å². The molecule has 17 heavy (non-hydrogen) atoms. The van der Waals surface area contributed by atoms with Gasteiger partial charge in [0, 0.05) is 6.92 Å². The molecule has 2 aromatic rings. The molecule has 1 amide bonds. The van der Waals surface area contributed by atoms with E-state index in [1.54, 1.807) is 13.4 Å². The third-order valence-corrected chi connectivity index (χ3v) is 2.52. The highest BCUT2D eigenvalue weighted by atomic mass is 16.5. The molecule has 0 radical (unpaired) electrons. The first-order chi connectivity index (χ1) is 8.13. The maximum absolute atomic E-state index is 11.0. The van der Waals surface area contributed by atoms with Gasteiger partial charge in [-0.1, -0.05) is 0 Å². The van der Waals surface area contributed by atoms with Crippen LogP contribution in [0.5, 0.6) is 5.88 Å². The summed E-state index contributed by atoms with van der Waals surface area (Å²) >= 11 is 0. The van der Waals surface area contributed by atoms with Crippen molar-refractivity contribution in [1.29, 1.82) is 0 Å². The predicted molar refractivity (Wildman–Crippen MR) is 62.7 cm³/mol. The number of aromatic nitrogens is 3. The number of methoxy groups -OCH3 is 1. The molecule has 0 saturated carbocycles. The van der Waals surface area contributed by atoms with Crippen molar-refractivity contribution in [2.45, 2.75) is 20.4 Å². The Morgan fingerprint density at radius 2 is 2.35 bits per heavy atom. The summed E-state index contributed by atoms with van der Waals surface area (Å²) in [7, 11) is 1.56. The first-order valence-electron chi connectivity index (χ1n) is 5.24. The highest BCUT2D eigenvalue weighted by molar-refractivity contribution is 5.82. The molecule has 0 unspecified atom stereocenters. The first kappa shape index (κ1) is 11.4. The summed E-state index contributed by atoms with van der Waals surface area (Å²) in [6.07, 6.45) is 1.61. The Bertz CT molecular complexity index is 562. The monoisotopic (exact) mass is 234 g/mol. The molecule has 0 aliphatic carbocycles. The number of hydrogen-bond acceptors (Lipinski definition) is 4. The summed E-state index contributed by atoms with van der Waals surface area (Å²) in [5, 5.41) is 2.73. The fraction of sp³-hybridized carbons (Fsp3) is 0.364. The first-order valence-corrected chi connectivity index (χ1v) is 5.24. The molecular weight excluding hydrogens is 220 g/mol. The number of hydrogen-bond donors (Lipinski definition) is 2. The van der Waals surface area contributed by atoms with Crippen LogP contribution in [-0.2, 0) is 11.3 Å². The summed E-state index contributed by atoms with van der Waals surface area (Å²) in [4.78, 5) is 22.5. The van der Waals surface area contributed by atoms with Gasteiger partial charge in [0.25, 0.3) is 0 Å². The van der Waals surface area contributed by atoms with Gasteiger partial charge in [0.15, 0.2) is 0 Å². The lowest BCUT2D eigenvalue weighted by Crippen LogP contribution is -2.20. The molecule has 0 bridgehead atoms. The number of nitrogens with one attached hydrogen (secondary N) is 2. The van der Waals surface area contributed by atoms with Crippen LogP contribution in [0.15, 0.2) is 6.33 Å². The molecule has 0 aromatic carbocycles. The van der Waals surface area contributed by atoms with E-state index in [1.165, 1.54) is 6.92 Å². The second kappa shape index (κ2) is 4.40. The Morgan fingerprint density at radius 3 is 3.00 bits per heavy atom. The van der Waals surface area contributed by atoms with Gasteiger partial charge in [-0.2, -0.15) is 0 Å². The lowest BCUT2D eigenvalue weighted by Gasteiger charge is -2.10. The predicted octanol–water partition coefficient (Wildman–Crippen LogP) is 0.911. The van der Waals surface area contributed by atoms with Gasteiger partial charge in [-0.25, -0.2) is 9.97 Å². The van der Waals surface area contributed by atoms with Crippen LogP contribution in [0, 0.1) is 6.92 Å². The lowest BCUT2D eigenvalue weighted by atomic mass is 10.2. The minimum Gasteiger partial charge on any atom is -0.481 e. The minimum atomic E-state index is -0.0970. The highest BCUT2D eigenvalue weighted by Crippen LogP contribution is 2.25. The molecule has 2 heterocycles. The van der Waals surface area contributed by atoms with E-state index in [2.05, 4.69) is 20.3 Å². The van der Waals surface area contributed by atoms with Gasteiger partial charge in [0.1, 0.15) is 5.52 Å². The molecule has 0 aliphatic heterocycles. The molecule has 2 rings (SSSR count). The van der Waals surface area contributed by atoms with Crippen LogP contribution in [0.4, 0.5) is 0 Å². The number of carbonyl (C=O) groups is 1. The molecule has 0 atom stereocenters. The Kier molecular flexibility index (Phi) is 2.95. The normalized spacial score (nSPS) is 10.5. The smallest absolute Gasteiger partial charge is 0.220 e. The zero-order chi connectivity index (χ0) is 12.4. The number of H-pyrrole nitrogens is 1. The number of nitrogens with zero attached hydrogens (tertiary/aromatic N) is 2. The van der Waals surface area contributed by atoms with Crippen LogP contribution in [0.2, 0.25) is 0 Å². The Hall–Kier alpha value is -2.11. The van der Waals surface area contributed by atoms with Crippen LogP contribution in [-0.4, -0.2) is 28.0 Å². The summed E-state index contributed by atoms with van der Waals surface area (Å²) in [6.45, 7) is 3.70. The minimum absolute atomic E-state index is 0.0970. The molecule has 0 fully saturated rings. The molecule has 6 heteroatoms. The third-order valence-electron chi connectivity index (χ3n) is 2.52. The number of amides is 1. The van der Waals surface area contributed by atoms with Crippen molar-refractivity contribution in [2.24, 2.45) is 0 Å². The van der Waals surface area contributed by atoms with E-state index in [4.69, 9.17) is 4.74 Å². The Balaban J connectivity index is 2.53. The Morgan fingerprint density at radius 1 is 1.59 bits per heavy atom. The van der Waals surface area contributed by atoms with Gasteiger partial charge in [-0.05, 0) is 6.92 Å². The van der Waals surface area contributed by atoms with Crippen molar-refractivity contribution in [3.05, 3.63) is 17.6 Å². The van der Waals surface area contributed by atoms with Gasteiger partial charge in [0.2, 0.25) is 11.8 Å². The van der Waals surface area contributed by atoms with E-state index >= 15 is 0 Å². The van der Waals surface area contributed by atoms with E-state index in [0.717, 1.165) is 22.3 Å². The quantitative estimate of drug-likeness (QED) is 0.827. The molecule has 2 N–H and O–H groups in total. The van der Waals surface area contributed by atoms with Crippen molar-refractivity contribution in [2.75, 3.05) is 7.11 Å². The fourth-order valence-electron chi connectivity index (χ4n) is 1.72. The van der Waals surface area contributed by atoms with Crippen molar-refractivity contribution in [3.63, 3.8) is 0 Å². The van der Waals surface area contributed by atoms with Crippen LogP contribution in [0.3, 0.4) is 0 Å². The largest absolute Gasteiger partial charge is 0.481 e. The van der Waals surface area contributed by atoms with E-state index in [-0.39, 0.29) is 5.91 Å². The van der Waals surface area contributed by atoms with Gasteiger partial charge in [-0.15, -0.1) is 0 Å². The summed E-state index contributed by atoms with van der Waals surface area (Å²) in [5.41, 5.74) is 3.25. The zero-order valence-electron chi connectivity index (χ0n) is 10.00. The van der Waals surface area contributed by atoms with E-state index < -0.39 is 0 Å². The molecule has 0 aliphatic rings. The second-order valence-corrected chi connectivity index (χ2v) is 3.72. The average Bonchev–Trinajstić information content (AvgIpc) is 2.76. The molecule has 6 nitrogen and oxygen atoms in total. The number of ether oxygens (including phenoxy) is 1. The zero-order valence-corrected chi connectivity index (χ0v) is 10.00. The van der Waals surface area contributed by atoms with Gasteiger partial charge >= 0.3 is 0 Å². The van der Waals surface area contributed by atoms with Crippen molar-refractivity contribution in [3.8, 4) is 5.88 Å². The maximum atomic E-state index is 11.0. The van der Waals surface area contributed by atoms with Crippen LogP contribution in [0.1, 0.15) is 18.2 Å². The fourth-order valence-corrected chi connectivity index (χ4v) is 1.72. The number of carbonyl (C=O) groups excluding carboxylic acids is 1. The maximum Gasteiger partial charge on any atom is 0.220 e. The summed E-state index contributed by atoms with van der Waals surface area (Å²) in [5.74, 6) is 0.410. The van der Waals surface area contributed by atoms with E-state index in [0.29, 0.717) is 12.4 Å². The van der Waals surface area contributed by atoms with Crippen molar-refractivity contribution < 1.29 is 9.53 Å². The Labute approximate surface area is 98.4 Å². The van der Waals surface area contributed by atoms with Gasteiger partial charge in [0.05, 0.1) is 36.8 Å². The van der Waals surface area contributed by atoms with Crippen LogP contribution >= 0.6 is 0 Å². The van der Waals surface area contributed by atoms with Crippen molar-refractivity contribution >= 4 is 16.9 Å². The number of fused-ring (bicyclic) bond motifs is 1. The average molecular weight is 234 g/mol. The molecular formula is C11H14N4O2. The summed E-state index contributed by atoms with van der Waals surface area (Å²) in [6, 6.07) is 0. The third kappa shape index (κ3) is 2.06. The van der Waals surface area contributed by atoms with Crippen LogP contribution in [0.25, 0.3) is 11.0 Å². The number of pyridine rings is 1. The van der Waals surface area contributed by atoms with Gasteiger partial charge in [-0.3, -0.25) is 4.79 Å². The SMILES string of the molecule is COc1nc(C)c2nc[nH]c2c1CNC(C)=O. The molecule has 90 valence electrons. The lowest BCUT2D eigenvalue weighted by molar-refractivity contribution is -0.119. The highest BCUT2D eigenvalue weighted by Gasteiger charge is 2.14. The number of imidazole rings is 1.